The lowest BCUT2D eigenvalue weighted by molar-refractivity contribution is 0.415. The predicted octanol–water partition coefficient (Wildman–Crippen LogP) is 4.02. The van der Waals surface area contributed by atoms with E-state index in [2.05, 4.69) is 9.97 Å². The number of fused-ring (bicyclic) bond motifs is 1. The highest BCUT2D eigenvalue weighted by molar-refractivity contribution is 7.13. The summed E-state index contributed by atoms with van der Waals surface area (Å²) < 4.78 is 5.17. The molecule has 0 aliphatic heterocycles. The smallest absolute Gasteiger partial charge is 0.171 e. The molecule has 3 nitrogen and oxygen atoms in total. The molecule has 0 atom stereocenters. The maximum atomic E-state index is 6.21. The van der Waals surface area contributed by atoms with Crippen molar-refractivity contribution in [1.29, 1.82) is 0 Å². The van der Waals surface area contributed by atoms with Crippen molar-refractivity contribution in [3.8, 4) is 16.5 Å². The second-order valence-corrected chi connectivity index (χ2v) is 5.00. The van der Waals surface area contributed by atoms with Crippen LogP contribution in [0.1, 0.15) is 0 Å². The molecule has 5 heteroatoms. The summed E-state index contributed by atoms with van der Waals surface area (Å²) in [5, 5.41) is 3.24. The number of hydrogen-bond donors (Lipinski definition) is 0. The molecule has 0 saturated heterocycles. The molecule has 18 heavy (non-hydrogen) atoms. The van der Waals surface area contributed by atoms with Crippen LogP contribution in [0.25, 0.3) is 21.6 Å². The van der Waals surface area contributed by atoms with Gasteiger partial charge in [-0.3, -0.25) is 0 Å². The van der Waals surface area contributed by atoms with E-state index in [9.17, 15) is 0 Å². The second-order valence-electron chi connectivity index (χ2n) is 3.70. The molecule has 0 unspecified atom stereocenters. The Morgan fingerprint density at radius 2 is 2.11 bits per heavy atom. The molecular formula is C13H9ClN2OS. The van der Waals surface area contributed by atoms with Gasteiger partial charge >= 0.3 is 0 Å². The second kappa shape index (κ2) is 4.55. The van der Waals surface area contributed by atoms with Crippen LogP contribution in [0.4, 0.5) is 0 Å². The maximum absolute atomic E-state index is 6.21. The lowest BCUT2D eigenvalue weighted by Crippen LogP contribution is -1.91. The molecule has 0 N–H and O–H groups in total. The van der Waals surface area contributed by atoms with E-state index in [4.69, 9.17) is 16.3 Å². The molecule has 0 spiro atoms. The SMILES string of the molecule is COc1ccc2nc(-c3cccs3)nc(Cl)c2c1. The first-order chi connectivity index (χ1) is 8.78. The van der Waals surface area contributed by atoms with Crippen LogP contribution in [-0.4, -0.2) is 17.1 Å². The van der Waals surface area contributed by atoms with Crippen LogP contribution in [0, 0.1) is 0 Å². The number of hydrogen-bond acceptors (Lipinski definition) is 4. The lowest BCUT2D eigenvalue weighted by atomic mass is 10.2. The summed E-state index contributed by atoms with van der Waals surface area (Å²) in [4.78, 5) is 9.85. The van der Waals surface area contributed by atoms with Crippen LogP contribution in [0.2, 0.25) is 5.15 Å². The third-order valence-electron chi connectivity index (χ3n) is 2.60. The Balaban J connectivity index is 2.22. The van der Waals surface area contributed by atoms with Crippen LogP contribution in [-0.2, 0) is 0 Å². The van der Waals surface area contributed by atoms with Crippen molar-refractivity contribution in [2.75, 3.05) is 7.11 Å². The van der Waals surface area contributed by atoms with Gasteiger partial charge in [0.25, 0.3) is 0 Å². The van der Waals surface area contributed by atoms with Gasteiger partial charge in [-0.1, -0.05) is 17.7 Å². The molecule has 2 heterocycles. The number of thiophene rings is 1. The molecule has 0 amide bonds. The Morgan fingerprint density at radius 3 is 2.83 bits per heavy atom. The summed E-state index contributed by atoms with van der Waals surface area (Å²) in [6, 6.07) is 9.54. The van der Waals surface area contributed by atoms with Crippen LogP contribution in [0.15, 0.2) is 35.7 Å². The number of benzene rings is 1. The molecule has 0 bridgehead atoms. The van der Waals surface area contributed by atoms with Crippen molar-refractivity contribution < 1.29 is 4.74 Å². The minimum Gasteiger partial charge on any atom is -0.497 e. The van der Waals surface area contributed by atoms with Crippen molar-refractivity contribution in [2.24, 2.45) is 0 Å². The highest BCUT2D eigenvalue weighted by Crippen LogP contribution is 2.29. The van der Waals surface area contributed by atoms with E-state index in [1.165, 1.54) is 0 Å². The molecule has 3 aromatic rings. The molecule has 2 aromatic heterocycles. The Morgan fingerprint density at radius 1 is 1.22 bits per heavy atom. The largest absolute Gasteiger partial charge is 0.497 e. The zero-order valence-electron chi connectivity index (χ0n) is 9.55. The van der Waals surface area contributed by atoms with Crippen molar-refractivity contribution in [3.63, 3.8) is 0 Å². The molecule has 3 rings (SSSR count). The predicted molar refractivity (Wildman–Crippen MR) is 74.4 cm³/mol. The van der Waals surface area contributed by atoms with Gasteiger partial charge in [0.1, 0.15) is 10.9 Å². The highest BCUT2D eigenvalue weighted by atomic mass is 35.5. The molecule has 90 valence electrons. The maximum Gasteiger partial charge on any atom is 0.171 e. The molecule has 0 aliphatic carbocycles. The fourth-order valence-electron chi connectivity index (χ4n) is 1.71. The van der Waals surface area contributed by atoms with Gasteiger partial charge in [0.15, 0.2) is 5.82 Å². The van der Waals surface area contributed by atoms with Crippen LogP contribution >= 0.6 is 22.9 Å². The molecular weight excluding hydrogens is 268 g/mol. The monoisotopic (exact) mass is 276 g/mol. The fourth-order valence-corrected chi connectivity index (χ4v) is 2.60. The van der Waals surface area contributed by atoms with Gasteiger partial charge in [0.05, 0.1) is 17.5 Å². The first-order valence-electron chi connectivity index (χ1n) is 5.33. The summed E-state index contributed by atoms with van der Waals surface area (Å²) >= 11 is 7.80. The van der Waals surface area contributed by atoms with Gasteiger partial charge in [-0.2, -0.15) is 0 Å². The Kier molecular flexibility index (Phi) is 2.89. The third kappa shape index (κ3) is 1.94. The van der Waals surface area contributed by atoms with E-state index >= 15 is 0 Å². The first-order valence-corrected chi connectivity index (χ1v) is 6.59. The summed E-state index contributed by atoms with van der Waals surface area (Å²) in [5.74, 6) is 1.41. The summed E-state index contributed by atoms with van der Waals surface area (Å²) in [5.41, 5.74) is 0.819. The Labute approximate surface area is 113 Å². The average Bonchev–Trinajstić information content (AvgIpc) is 2.92. The molecule has 0 radical (unpaired) electrons. The van der Waals surface area contributed by atoms with E-state index in [1.54, 1.807) is 18.4 Å². The number of methoxy groups -OCH3 is 1. The van der Waals surface area contributed by atoms with E-state index in [0.717, 1.165) is 21.5 Å². The van der Waals surface area contributed by atoms with E-state index in [-0.39, 0.29) is 0 Å². The topological polar surface area (TPSA) is 35.0 Å². The standard InChI is InChI=1S/C13H9ClN2OS/c1-17-8-4-5-10-9(7-8)12(14)16-13(15-10)11-3-2-6-18-11/h2-7H,1H3. The van der Waals surface area contributed by atoms with Gasteiger partial charge in [-0.25, -0.2) is 9.97 Å². The van der Waals surface area contributed by atoms with Gasteiger partial charge < -0.3 is 4.74 Å². The van der Waals surface area contributed by atoms with Crippen LogP contribution in [0.5, 0.6) is 5.75 Å². The first kappa shape index (κ1) is 11.4. The Bertz CT molecular complexity index is 698. The van der Waals surface area contributed by atoms with E-state index < -0.39 is 0 Å². The average molecular weight is 277 g/mol. The molecule has 1 aromatic carbocycles. The third-order valence-corrected chi connectivity index (χ3v) is 3.75. The fraction of sp³-hybridized carbons (Fsp3) is 0.0769. The van der Waals surface area contributed by atoms with Gasteiger partial charge in [-0.05, 0) is 29.6 Å². The minimum atomic E-state index is 0.447. The summed E-state index contributed by atoms with van der Waals surface area (Å²) in [6.07, 6.45) is 0. The number of aromatic nitrogens is 2. The van der Waals surface area contributed by atoms with Crippen molar-refractivity contribution in [3.05, 3.63) is 40.9 Å². The number of rotatable bonds is 2. The van der Waals surface area contributed by atoms with Gasteiger partial charge in [0.2, 0.25) is 0 Å². The quantitative estimate of drug-likeness (QED) is 0.663. The van der Waals surface area contributed by atoms with E-state index in [0.29, 0.717) is 11.0 Å². The van der Waals surface area contributed by atoms with Crippen molar-refractivity contribution in [1.82, 2.24) is 9.97 Å². The minimum absolute atomic E-state index is 0.447. The number of ether oxygens (including phenoxy) is 1. The summed E-state index contributed by atoms with van der Waals surface area (Å²) in [6.45, 7) is 0. The highest BCUT2D eigenvalue weighted by Gasteiger charge is 2.09. The molecule has 0 fully saturated rings. The number of nitrogens with zero attached hydrogens (tertiary/aromatic N) is 2. The lowest BCUT2D eigenvalue weighted by Gasteiger charge is -2.05. The van der Waals surface area contributed by atoms with E-state index in [1.807, 2.05) is 35.7 Å². The van der Waals surface area contributed by atoms with Crippen LogP contribution in [0.3, 0.4) is 0 Å². The molecule has 0 aliphatic rings. The number of halogens is 1. The zero-order chi connectivity index (χ0) is 12.5. The van der Waals surface area contributed by atoms with Crippen LogP contribution < -0.4 is 4.74 Å². The van der Waals surface area contributed by atoms with Gasteiger partial charge in [-0.15, -0.1) is 11.3 Å². The Hall–Kier alpha value is -1.65. The van der Waals surface area contributed by atoms with Gasteiger partial charge in [0, 0.05) is 5.39 Å². The van der Waals surface area contributed by atoms with Crippen molar-refractivity contribution in [2.45, 2.75) is 0 Å². The van der Waals surface area contributed by atoms with Crippen molar-refractivity contribution >= 4 is 33.8 Å². The normalized spacial score (nSPS) is 10.8. The zero-order valence-corrected chi connectivity index (χ0v) is 11.1. The molecule has 0 saturated carbocycles. The summed E-state index contributed by atoms with van der Waals surface area (Å²) in [7, 11) is 1.62.